The van der Waals surface area contributed by atoms with Crippen LogP contribution in [0.5, 0.6) is 0 Å². The Bertz CT molecular complexity index is 1090. The van der Waals surface area contributed by atoms with Gasteiger partial charge in [0.2, 0.25) is 0 Å². The average Bonchev–Trinajstić information content (AvgIpc) is 2.85. The second-order valence-electron chi connectivity index (χ2n) is 8.03. The molecule has 35 heavy (non-hydrogen) atoms. The van der Waals surface area contributed by atoms with Crippen LogP contribution in [0.3, 0.4) is 0 Å². The number of hydrogen-bond donors (Lipinski definition) is 4. The third kappa shape index (κ3) is 8.19. The Morgan fingerprint density at radius 2 is 1.29 bits per heavy atom. The number of fused-ring (bicyclic) bond motifs is 1. The first-order valence-corrected chi connectivity index (χ1v) is 11.4. The highest BCUT2D eigenvalue weighted by atomic mass is 35.5. The smallest absolute Gasteiger partial charge is 0.274 e. The summed E-state index contributed by atoms with van der Waals surface area (Å²) >= 11 is 0. The summed E-state index contributed by atoms with van der Waals surface area (Å²) in [5, 5.41) is 11.1. The van der Waals surface area contributed by atoms with E-state index in [-0.39, 0.29) is 36.3 Å². The topological polar surface area (TPSA) is 93.7 Å². The third-order valence-corrected chi connectivity index (χ3v) is 5.57. The van der Waals surface area contributed by atoms with Crippen LogP contribution in [0.15, 0.2) is 60.7 Å². The fraction of sp³-hybridized carbons (Fsp3) is 0.308. The standard InChI is InChI=1S/C26H32N4O3.2ClH/c1-3-15-30(16-4-2)18-22-14-13-21(23-7-5-6-8-24(22)23)17-27-28-25(31)19-9-11-20(12-10-19)26(32)29-33;;/h5-14,27,33H,3-4,15-18H2,1-2H3,(H,28,31)(H,29,32);2*1H. The number of amides is 2. The highest BCUT2D eigenvalue weighted by Gasteiger charge is 2.11. The minimum absolute atomic E-state index is 0. The quantitative estimate of drug-likeness (QED) is 0.214. The zero-order valence-electron chi connectivity index (χ0n) is 20.0. The van der Waals surface area contributed by atoms with E-state index in [1.165, 1.54) is 40.6 Å². The molecule has 0 unspecified atom stereocenters. The van der Waals surface area contributed by atoms with E-state index in [1.807, 2.05) is 6.07 Å². The molecule has 0 aliphatic rings. The minimum atomic E-state index is -0.622. The van der Waals surface area contributed by atoms with Crippen molar-refractivity contribution in [2.24, 2.45) is 0 Å². The summed E-state index contributed by atoms with van der Waals surface area (Å²) in [4.78, 5) is 26.3. The van der Waals surface area contributed by atoms with Crippen molar-refractivity contribution in [3.8, 4) is 0 Å². The lowest BCUT2D eigenvalue weighted by atomic mass is 9.99. The monoisotopic (exact) mass is 520 g/mol. The molecule has 0 heterocycles. The van der Waals surface area contributed by atoms with Gasteiger partial charge >= 0.3 is 0 Å². The maximum atomic E-state index is 12.4. The van der Waals surface area contributed by atoms with Crippen molar-refractivity contribution in [2.75, 3.05) is 13.1 Å². The van der Waals surface area contributed by atoms with Crippen molar-refractivity contribution in [1.82, 2.24) is 21.2 Å². The summed E-state index contributed by atoms with van der Waals surface area (Å²) in [5.74, 6) is -0.926. The zero-order chi connectivity index (χ0) is 23.6. The molecule has 0 fully saturated rings. The Labute approximate surface area is 219 Å². The first-order valence-electron chi connectivity index (χ1n) is 11.4. The molecule has 7 nitrogen and oxygen atoms in total. The molecule has 3 rings (SSSR count). The van der Waals surface area contributed by atoms with Crippen LogP contribution in [0, 0.1) is 0 Å². The zero-order valence-corrected chi connectivity index (χ0v) is 21.7. The fourth-order valence-electron chi connectivity index (χ4n) is 3.99. The highest BCUT2D eigenvalue weighted by Crippen LogP contribution is 2.24. The normalized spacial score (nSPS) is 10.4. The van der Waals surface area contributed by atoms with Gasteiger partial charge in [0.15, 0.2) is 0 Å². The van der Waals surface area contributed by atoms with Gasteiger partial charge in [0.1, 0.15) is 0 Å². The predicted octanol–water partition coefficient (Wildman–Crippen LogP) is 4.86. The molecule has 0 aliphatic carbocycles. The number of rotatable bonds is 11. The Morgan fingerprint density at radius 1 is 0.771 bits per heavy atom. The lowest BCUT2D eigenvalue weighted by Crippen LogP contribution is -2.36. The maximum Gasteiger partial charge on any atom is 0.274 e. The van der Waals surface area contributed by atoms with Crippen LogP contribution in [0.4, 0.5) is 0 Å². The molecule has 2 amide bonds. The van der Waals surface area contributed by atoms with Gasteiger partial charge in [0.25, 0.3) is 11.8 Å². The number of carbonyl (C=O) groups is 2. The number of benzene rings is 3. The van der Waals surface area contributed by atoms with Crippen LogP contribution in [0.1, 0.15) is 58.5 Å². The summed E-state index contributed by atoms with van der Waals surface area (Å²) in [6.45, 7) is 8.00. The van der Waals surface area contributed by atoms with E-state index >= 15 is 0 Å². The average molecular weight is 521 g/mol. The van der Waals surface area contributed by atoms with Gasteiger partial charge in [-0.15, -0.1) is 24.8 Å². The Morgan fingerprint density at radius 3 is 1.83 bits per heavy atom. The first kappa shape index (κ1) is 30.4. The summed E-state index contributed by atoms with van der Waals surface area (Å²) in [6.07, 6.45) is 2.27. The van der Waals surface area contributed by atoms with Gasteiger partial charge in [-0.1, -0.05) is 50.2 Å². The SMILES string of the molecule is CCCN(CCC)Cc1ccc(CNNC(=O)c2ccc(C(=O)NO)cc2)c2ccccc12.Cl.Cl. The van der Waals surface area contributed by atoms with E-state index in [0.717, 1.165) is 38.0 Å². The summed E-state index contributed by atoms with van der Waals surface area (Å²) in [6, 6.07) is 18.7. The summed E-state index contributed by atoms with van der Waals surface area (Å²) < 4.78 is 0. The number of hydrazine groups is 1. The molecule has 9 heteroatoms. The Hall–Kier alpha value is -2.68. The van der Waals surface area contributed by atoms with Gasteiger partial charge in [-0.05, 0) is 72.1 Å². The first-order chi connectivity index (χ1) is 16.1. The van der Waals surface area contributed by atoms with Crippen LogP contribution in [-0.4, -0.2) is 35.0 Å². The van der Waals surface area contributed by atoms with Crippen LogP contribution in [-0.2, 0) is 13.1 Å². The maximum absolute atomic E-state index is 12.4. The largest absolute Gasteiger partial charge is 0.299 e. The van der Waals surface area contributed by atoms with Gasteiger partial charge in [-0.3, -0.25) is 25.1 Å². The third-order valence-electron chi connectivity index (χ3n) is 5.57. The lowest BCUT2D eigenvalue weighted by Gasteiger charge is -2.22. The van der Waals surface area contributed by atoms with E-state index in [1.54, 1.807) is 5.48 Å². The summed E-state index contributed by atoms with van der Waals surface area (Å²) in [5.41, 5.74) is 10.4. The molecule has 0 atom stereocenters. The van der Waals surface area contributed by atoms with Crippen LogP contribution in [0.25, 0.3) is 10.8 Å². The number of nitrogens with one attached hydrogen (secondary N) is 3. The molecule has 4 N–H and O–H groups in total. The highest BCUT2D eigenvalue weighted by molar-refractivity contribution is 5.97. The number of hydrogen-bond acceptors (Lipinski definition) is 5. The van der Waals surface area contributed by atoms with E-state index < -0.39 is 5.91 Å². The van der Waals surface area contributed by atoms with Gasteiger partial charge in [-0.25, -0.2) is 10.9 Å². The second-order valence-corrected chi connectivity index (χ2v) is 8.03. The predicted molar refractivity (Wildman–Crippen MR) is 144 cm³/mol. The van der Waals surface area contributed by atoms with Gasteiger partial charge in [-0.2, -0.15) is 0 Å². The fourth-order valence-corrected chi connectivity index (χ4v) is 3.99. The molecule has 0 aliphatic heterocycles. The van der Waals surface area contributed by atoms with Gasteiger partial charge < -0.3 is 0 Å². The van der Waals surface area contributed by atoms with Crippen LogP contribution >= 0.6 is 24.8 Å². The van der Waals surface area contributed by atoms with E-state index in [0.29, 0.717) is 12.1 Å². The Balaban J connectivity index is 0.00000306. The lowest BCUT2D eigenvalue weighted by molar-refractivity contribution is 0.0706. The van der Waals surface area contributed by atoms with Crippen LogP contribution in [0.2, 0.25) is 0 Å². The van der Waals surface area contributed by atoms with Crippen molar-refractivity contribution in [3.63, 3.8) is 0 Å². The van der Waals surface area contributed by atoms with Crippen molar-refractivity contribution in [1.29, 1.82) is 0 Å². The molecule has 3 aromatic carbocycles. The molecule has 0 aromatic heterocycles. The van der Waals surface area contributed by atoms with Crippen LogP contribution < -0.4 is 16.3 Å². The molecule has 0 bridgehead atoms. The summed E-state index contributed by atoms with van der Waals surface area (Å²) in [7, 11) is 0. The number of hydroxylamine groups is 1. The molecular formula is C26H34Cl2N4O3. The Kier molecular flexibility index (Phi) is 13.3. The van der Waals surface area contributed by atoms with Crippen molar-refractivity contribution in [2.45, 2.75) is 39.8 Å². The second kappa shape index (κ2) is 15.3. The van der Waals surface area contributed by atoms with Crippen molar-refractivity contribution >= 4 is 47.4 Å². The minimum Gasteiger partial charge on any atom is -0.299 e. The van der Waals surface area contributed by atoms with Crippen molar-refractivity contribution < 1.29 is 14.8 Å². The molecule has 190 valence electrons. The molecule has 3 aromatic rings. The molecule has 0 saturated carbocycles. The van der Waals surface area contributed by atoms with E-state index in [4.69, 9.17) is 5.21 Å². The number of nitrogens with zero attached hydrogens (tertiary/aromatic N) is 1. The number of carbonyl (C=O) groups excluding carboxylic acids is 2. The van der Waals surface area contributed by atoms with E-state index in [9.17, 15) is 9.59 Å². The van der Waals surface area contributed by atoms with Gasteiger partial charge in [0, 0.05) is 24.2 Å². The van der Waals surface area contributed by atoms with E-state index in [2.05, 4.69) is 59.9 Å². The molecule has 0 saturated heterocycles. The molecule has 0 spiro atoms. The molecule has 0 radical (unpaired) electrons. The molecular weight excluding hydrogens is 487 g/mol. The van der Waals surface area contributed by atoms with Crippen molar-refractivity contribution in [3.05, 3.63) is 82.9 Å². The number of halogens is 2. The van der Waals surface area contributed by atoms with Gasteiger partial charge in [0.05, 0.1) is 0 Å².